The van der Waals surface area contributed by atoms with Gasteiger partial charge in [-0.3, -0.25) is 19.0 Å². The summed E-state index contributed by atoms with van der Waals surface area (Å²) in [5.74, 6) is -1.80. The molecular weight excluding hydrogens is 845 g/mol. The van der Waals surface area contributed by atoms with Crippen LogP contribution in [0.15, 0.2) is 35.7 Å². The lowest BCUT2D eigenvalue weighted by molar-refractivity contribution is -0.141. The van der Waals surface area contributed by atoms with Crippen molar-refractivity contribution in [3.8, 4) is 16.6 Å². The lowest BCUT2D eigenvalue weighted by Crippen LogP contribution is -2.58. The molecular formula is C45H64N8O8S2. The fraction of sp³-hybridized carbons (Fsp3) is 0.644. The van der Waals surface area contributed by atoms with E-state index in [0.717, 1.165) is 50.9 Å². The van der Waals surface area contributed by atoms with Crippen LogP contribution in [0, 0.1) is 11.8 Å². The van der Waals surface area contributed by atoms with Gasteiger partial charge in [-0.25, -0.2) is 14.5 Å². The standard InChI is InChI=1S/C45H64N8O8S2/c1-28(2)53-35-22-16-20-33(39-46-31(27-62-39)23-29-17-12-11-13-18-29)37(35)48-42(53)60-32-24-36-38(54)49-45(41(56)50-63(58,59)51(6)7)25-30(45)19-14-9-8-10-15-21-34(40(55)52(36)26-32)47-43(57)61-44(3,4)5/h14,16,19-20,22,27-30,32,34,36H,8-13,15,17-18,21,23-26H2,1-7H3,(H,47,57)(H,49,54)(H,50,56). The molecule has 344 valence electrons. The highest BCUT2D eigenvalue weighted by molar-refractivity contribution is 7.87. The Labute approximate surface area is 375 Å². The molecule has 3 aromatic rings. The van der Waals surface area contributed by atoms with Crippen molar-refractivity contribution in [1.82, 2.24) is 39.1 Å². The van der Waals surface area contributed by atoms with Crippen molar-refractivity contribution in [3.05, 3.63) is 41.4 Å². The summed E-state index contributed by atoms with van der Waals surface area (Å²) in [6, 6.07) is 4.11. The van der Waals surface area contributed by atoms with Gasteiger partial charge in [0.2, 0.25) is 11.8 Å². The Kier molecular flexibility index (Phi) is 13.9. The molecule has 2 aliphatic heterocycles. The predicted octanol–water partition coefficient (Wildman–Crippen LogP) is 6.42. The number of thiazole rings is 1. The van der Waals surface area contributed by atoms with E-state index in [4.69, 9.17) is 19.4 Å². The minimum absolute atomic E-state index is 0.0217. The number of nitrogens with one attached hydrogen (secondary N) is 3. The second-order valence-corrected chi connectivity index (χ2v) is 21.9. The number of amides is 4. The van der Waals surface area contributed by atoms with E-state index < -0.39 is 69.3 Å². The zero-order valence-electron chi connectivity index (χ0n) is 37.6. The number of aromatic nitrogens is 3. The molecule has 0 spiro atoms. The normalized spacial score (nSPS) is 25.3. The van der Waals surface area contributed by atoms with Crippen LogP contribution in [0.25, 0.3) is 21.6 Å². The fourth-order valence-corrected chi connectivity index (χ4v) is 10.6. The van der Waals surface area contributed by atoms with Gasteiger partial charge in [0.05, 0.1) is 17.8 Å². The number of ether oxygens (including phenoxy) is 2. The lowest BCUT2D eigenvalue weighted by Gasteiger charge is -2.30. The molecule has 0 radical (unpaired) electrons. The third-order valence-electron chi connectivity index (χ3n) is 12.5. The first-order chi connectivity index (χ1) is 29.8. The van der Waals surface area contributed by atoms with Gasteiger partial charge in [-0.2, -0.15) is 17.7 Å². The van der Waals surface area contributed by atoms with Crippen molar-refractivity contribution >= 4 is 56.4 Å². The zero-order chi connectivity index (χ0) is 45.3. The number of benzene rings is 1. The third kappa shape index (κ3) is 10.7. The van der Waals surface area contributed by atoms with Crippen LogP contribution in [0.3, 0.4) is 0 Å². The van der Waals surface area contributed by atoms with Crippen molar-refractivity contribution in [2.24, 2.45) is 11.8 Å². The number of allylic oxidation sites excluding steroid dienone is 1. The molecule has 7 rings (SSSR count). The van der Waals surface area contributed by atoms with Gasteiger partial charge < -0.3 is 25.0 Å². The molecule has 2 aromatic heterocycles. The van der Waals surface area contributed by atoms with Crippen molar-refractivity contribution in [1.29, 1.82) is 0 Å². The quantitative estimate of drug-likeness (QED) is 0.191. The fourth-order valence-electron chi connectivity index (χ4n) is 9.13. The van der Waals surface area contributed by atoms with Crippen LogP contribution >= 0.6 is 11.3 Å². The van der Waals surface area contributed by atoms with Crippen LogP contribution in [0.1, 0.15) is 123 Å². The third-order valence-corrected chi connectivity index (χ3v) is 14.8. The highest BCUT2D eigenvalue weighted by Crippen LogP contribution is 2.46. The summed E-state index contributed by atoms with van der Waals surface area (Å²) in [5, 5.41) is 8.71. The van der Waals surface area contributed by atoms with Crippen LogP contribution in [0.2, 0.25) is 0 Å². The lowest BCUT2D eigenvalue weighted by atomic mass is 9.86. The molecule has 2 aliphatic carbocycles. The Hall–Kier alpha value is -4.55. The smallest absolute Gasteiger partial charge is 0.408 e. The number of carbonyl (C=O) groups is 4. The molecule has 5 atom stereocenters. The van der Waals surface area contributed by atoms with E-state index in [-0.39, 0.29) is 25.4 Å². The number of hydrogen-bond acceptors (Lipinski definition) is 11. The molecule has 4 amide bonds. The van der Waals surface area contributed by atoms with E-state index >= 15 is 0 Å². The largest absolute Gasteiger partial charge is 0.459 e. The summed E-state index contributed by atoms with van der Waals surface area (Å²) >= 11 is 1.61. The molecule has 3 fully saturated rings. The van der Waals surface area contributed by atoms with Crippen molar-refractivity contribution in [2.75, 3.05) is 20.6 Å². The van der Waals surface area contributed by atoms with Gasteiger partial charge in [0.25, 0.3) is 11.9 Å². The van der Waals surface area contributed by atoms with E-state index in [9.17, 15) is 27.6 Å². The van der Waals surface area contributed by atoms with Gasteiger partial charge in [0.1, 0.15) is 39.9 Å². The van der Waals surface area contributed by atoms with E-state index in [2.05, 4.69) is 20.7 Å². The Morgan fingerprint density at radius 1 is 1.05 bits per heavy atom. The average Bonchev–Trinajstić information content (AvgIpc) is 3.53. The van der Waals surface area contributed by atoms with Crippen molar-refractivity contribution in [3.63, 3.8) is 0 Å². The number of fused-ring (bicyclic) bond motifs is 3. The molecule has 1 aromatic carbocycles. The molecule has 63 heavy (non-hydrogen) atoms. The number of carbonyl (C=O) groups excluding carboxylic acids is 4. The minimum atomic E-state index is -4.18. The second-order valence-electron chi connectivity index (χ2n) is 19.1. The van der Waals surface area contributed by atoms with E-state index in [0.29, 0.717) is 31.2 Å². The molecule has 18 heteroatoms. The number of para-hydroxylation sites is 1. The van der Waals surface area contributed by atoms with Crippen LogP contribution < -0.4 is 20.1 Å². The molecule has 16 nitrogen and oxygen atoms in total. The Morgan fingerprint density at radius 2 is 1.78 bits per heavy atom. The Bertz CT molecular complexity index is 2310. The maximum Gasteiger partial charge on any atom is 0.408 e. The maximum absolute atomic E-state index is 14.7. The van der Waals surface area contributed by atoms with Gasteiger partial charge in [-0.05, 0) is 84.8 Å². The van der Waals surface area contributed by atoms with Gasteiger partial charge in [-0.1, -0.05) is 63.2 Å². The first kappa shape index (κ1) is 46.4. The highest BCUT2D eigenvalue weighted by Gasteiger charge is 2.62. The predicted molar refractivity (Wildman–Crippen MR) is 241 cm³/mol. The van der Waals surface area contributed by atoms with Crippen molar-refractivity contribution < 1.29 is 37.1 Å². The molecule has 3 N–H and O–H groups in total. The van der Waals surface area contributed by atoms with Gasteiger partial charge >= 0.3 is 16.3 Å². The number of rotatable bonds is 10. The van der Waals surface area contributed by atoms with Crippen LogP contribution in [-0.2, 0) is 35.8 Å². The Balaban J connectivity index is 1.20. The minimum Gasteiger partial charge on any atom is -0.459 e. The van der Waals surface area contributed by atoms with Crippen molar-refractivity contribution in [2.45, 2.75) is 153 Å². The number of hydrogen-bond donors (Lipinski definition) is 3. The molecule has 4 aliphatic rings. The van der Waals surface area contributed by atoms with Crippen LogP contribution in [0.5, 0.6) is 6.01 Å². The summed E-state index contributed by atoms with van der Waals surface area (Å²) in [7, 11) is -1.57. The number of alkyl carbamates (subject to hydrolysis) is 1. The monoisotopic (exact) mass is 908 g/mol. The van der Waals surface area contributed by atoms with Gasteiger partial charge in [0.15, 0.2) is 0 Å². The van der Waals surface area contributed by atoms with E-state index in [1.807, 2.05) is 48.8 Å². The molecule has 0 bridgehead atoms. The molecule has 4 heterocycles. The van der Waals surface area contributed by atoms with E-state index in [1.54, 1.807) is 32.1 Å². The first-order valence-corrected chi connectivity index (χ1v) is 24.8. The number of imidazole rings is 1. The van der Waals surface area contributed by atoms with Crippen LogP contribution in [0.4, 0.5) is 4.79 Å². The van der Waals surface area contributed by atoms with Gasteiger partial charge in [0, 0.05) is 43.4 Å². The van der Waals surface area contributed by atoms with Gasteiger partial charge in [-0.15, -0.1) is 11.3 Å². The molecule has 2 saturated carbocycles. The maximum atomic E-state index is 14.7. The van der Waals surface area contributed by atoms with Crippen LogP contribution in [-0.4, -0.2) is 106 Å². The number of nitrogens with zero attached hydrogens (tertiary/aromatic N) is 5. The Morgan fingerprint density at radius 3 is 2.49 bits per heavy atom. The summed E-state index contributed by atoms with van der Waals surface area (Å²) in [5.41, 5.74) is 1.21. The highest BCUT2D eigenvalue weighted by atomic mass is 32.2. The molecule has 5 unspecified atom stereocenters. The second kappa shape index (κ2) is 18.9. The SMILES string of the molecule is CC(C)n1c(OC2CC3C(=O)NC4(C(=O)NS(=O)(=O)N(C)C)CC4C=CCCCCCC(NC(=O)OC(C)(C)C)C(=O)N3C2)nc2c(-c3nc(CC4CCCCC4)cs3)cccc21. The van der Waals surface area contributed by atoms with E-state index in [1.165, 1.54) is 51.1 Å². The first-order valence-electron chi connectivity index (χ1n) is 22.5. The summed E-state index contributed by atoms with van der Waals surface area (Å²) in [6.45, 7) is 9.27. The summed E-state index contributed by atoms with van der Waals surface area (Å²) in [6.07, 6.45) is 13.0. The molecule has 1 saturated heterocycles. The topological polar surface area (TPSA) is 194 Å². The summed E-state index contributed by atoms with van der Waals surface area (Å²) < 4.78 is 43.0. The average molecular weight is 909 g/mol. The summed E-state index contributed by atoms with van der Waals surface area (Å²) in [4.78, 5) is 67.9. The zero-order valence-corrected chi connectivity index (χ0v) is 39.3.